The first kappa shape index (κ1) is 7.97. The van der Waals surface area contributed by atoms with Crippen LogP contribution in [0.15, 0.2) is 18.2 Å². The van der Waals surface area contributed by atoms with E-state index in [1.807, 2.05) is 18.2 Å². The Morgan fingerprint density at radius 2 is 2.21 bits per heavy atom. The Bertz CT molecular complexity index is 372. The molecule has 1 aliphatic carbocycles. The maximum atomic E-state index is 5.76. The number of hydrogen-bond donors (Lipinski definition) is 2. The minimum Gasteiger partial charge on any atom is -0.491 e. The summed E-state index contributed by atoms with van der Waals surface area (Å²) in [5.74, 6) is 0.933. The molecule has 3 rings (SSSR count). The zero-order valence-corrected chi connectivity index (χ0v) is 8.05. The first-order valence-corrected chi connectivity index (χ1v) is 5.04. The first-order valence-electron chi connectivity index (χ1n) is 5.04. The van der Waals surface area contributed by atoms with Gasteiger partial charge in [-0.15, -0.1) is 0 Å². The molecule has 3 nitrogen and oxygen atoms in total. The van der Waals surface area contributed by atoms with Gasteiger partial charge in [-0.1, -0.05) is 0 Å². The molecule has 1 aliphatic heterocycles. The van der Waals surface area contributed by atoms with E-state index in [1.54, 1.807) is 0 Å². The minimum atomic E-state index is 0.410. The summed E-state index contributed by atoms with van der Waals surface area (Å²) in [5.41, 5.74) is 7.95. The number of nitrogens with one attached hydrogen (secondary N) is 1. The molecule has 3 N–H and O–H groups in total. The van der Waals surface area contributed by atoms with Gasteiger partial charge in [-0.2, -0.15) is 0 Å². The Labute approximate surface area is 83.2 Å². The fraction of sp³-hybridized carbons (Fsp3) is 0.455. The van der Waals surface area contributed by atoms with Crippen molar-refractivity contribution in [2.24, 2.45) is 5.41 Å². The predicted octanol–water partition coefficient (Wildman–Crippen LogP) is 1.85. The van der Waals surface area contributed by atoms with Gasteiger partial charge in [0.15, 0.2) is 0 Å². The van der Waals surface area contributed by atoms with Crippen LogP contribution in [0.2, 0.25) is 0 Å². The highest BCUT2D eigenvalue weighted by molar-refractivity contribution is 5.64. The van der Waals surface area contributed by atoms with E-state index in [4.69, 9.17) is 10.5 Å². The van der Waals surface area contributed by atoms with E-state index in [9.17, 15) is 0 Å². The summed E-state index contributed by atoms with van der Waals surface area (Å²) in [4.78, 5) is 0. The lowest BCUT2D eigenvalue weighted by Gasteiger charge is -2.09. The molecule has 1 heterocycles. The van der Waals surface area contributed by atoms with E-state index in [2.05, 4.69) is 5.32 Å². The molecular weight excluding hydrogens is 176 g/mol. The Hall–Kier alpha value is -1.38. The molecule has 0 aromatic heterocycles. The first-order chi connectivity index (χ1) is 6.77. The van der Waals surface area contributed by atoms with Crippen molar-refractivity contribution in [3.63, 3.8) is 0 Å². The van der Waals surface area contributed by atoms with Gasteiger partial charge in [-0.25, -0.2) is 0 Å². The maximum absolute atomic E-state index is 5.76. The smallest absolute Gasteiger partial charge is 0.142 e. The lowest BCUT2D eigenvalue weighted by molar-refractivity contribution is 0.251. The van der Waals surface area contributed by atoms with Crippen LogP contribution in [-0.4, -0.2) is 13.2 Å². The second kappa shape index (κ2) is 2.56. The van der Waals surface area contributed by atoms with Crippen molar-refractivity contribution in [2.45, 2.75) is 12.8 Å². The van der Waals surface area contributed by atoms with Crippen molar-refractivity contribution in [3.8, 4) is 5.75 Å². The summed E-state index contributed by atoms with van der Waals surface area (Å²) < 4.78 is 5.76. The molecular formula is C11H14N2O. The molecule has 74 valence electrons. The normalized spacial score (nSPS) is 21.7. The maximum Gasteiger partial charge on any atom is 0.142 e. The van der Waals surface area contributed by atoms with E-state index >= 15 is 0 Å². The zero-order valence-electron chi connectivity index (χ0n) is 8.05. The molecule has 0 amide bonds. The van der Waals surface area contributed by atoms with Crippen molar-refractivity contribution < 1.29 is 4.74 Å². The molecule has 1 fully saturated rings. The number of nitrogens with two attached hydrogens (primary N) is 1. The van der Waals surface area contributed by atoms with Gasteiger partial charge < -0.3 is 15.8 Å². The van der Waals surface area contributed by atoms with Crippen LogP contribution in [0.3, 0.4) is 0 Å². The Balaban J connectivity index is 1.93. The number of anilines is 2. The summed E-state index contributed by atoms with van der Waals surface area (Å²) in [6.45, 7) is 1.86. The van der Waals surface area contributed by atoms with Crippen LogP contribution < -0.4 is 15.8 Å². The monoisotopic (exact) mass is 190 g/mol. The number of nitrogen functional groups attached to an aromatic ring is 1. The van der Waals surface area contributed by atoms with Crippen LogP contribution >= 0.6 is 0 Å². The third kappa shape index (κ3) is 1.20. The highest BCUT2D eigenvalue weighted by Crippen LogP contribution is 2.48. The van der Waals surface area contributed by atoms with Gasteiger partial charge in [-0.3, -0.25) is 0 Å². The van der Waals surface area contributed by atoms with E-state index in [0.29, 0.717) is 5.41 Å². The summed E-state index contributed by atoms with van der Waals surface area (Å²) in [7, 11) is 0. The van der Waals surface area contributed by atoms with Crippen LogP contribution in [0.4, 0.5) is 11.4 Å². The van der Waals surface area contributed by atoms with Gasteiger partial charge in [0.25, 0.3) is 0 Å². The predicted molar refractivity (Wildman–Crippen MR) is 56.5 cm³/mol. The van der Waals surface area contributed by atoms with E-state index in [-0.39, 0.29) is 0 Å². The second-order valence-corrected chi connectivity index (χ2v) is 4.40. The van der Waals surface area contributed by atoms with Crippen molar-refractivity contribution in [3.05, 3.63) is 18.2 Å². The summed E-state index contributed by atoms with van der Waals surface area (Å²) in [5, 5.41) is 3.41. The molecule has 1 aromatic rings. The highest BCUT2D eigenvalue weighted by atomic mass is 16.5. The largest absolute Gasteiger partial charge is 0.491 e. The standard InChI is InChI=1S/C11H14N2O/c12-8-1-2-10-9(5-8)13-6-11(3-4-11)7-14-10/h1-2,5,13H,3-4,6-7,12H2. The van der Waals surface area contributed by atoms with Gasteiger partial charge in [-0.05, 0) is 31.0 Å². The van der Waals surface area contributed by atoms with Crippen molar-refractivity contribution >= 4 is 11.4 Å². The number of hydrogen-bond acceptors (Lipinski definition) is 3. The Morgan fingerprint density at radius 3 is 3.00 bits per heavy atom. The van der Waals surface area contributed by atoms with Crippen molar-refractivity contribution in [1.82, 2.24) is 0 Å². The molecule has 0 saturated heterocycles. The van der Waals surface area contributed by atoms with Gasteiger partial charge in [0.1, 0.15) is 5.75 Å². The molecule has 0 unspecified atom stereocenters. The van der Waals surface area contributed by atoms with Crippen LogP contribution in [0.1, 0.15) is 12.8 Å². The lowest BCUT2D eigenvalue weighted by Crippen LogP contribution is -2.18. The van der Waals surface area contributed by atoms with Crippen LogP contribution in [-0.2, 0) is 0 Å². The van der Waals surface area contributed by atoms with Crippen molar-refractivity contribution in [2.75, 3.05) is 24.2 Å². The summed E-state index contributed by atoms with van der Waals surface area (Å²) >= 11 is 0. The number of benzene rings is 1. The van der Waals surface area contributed by atoms with E-state index in [0.717, 1.165) is 30.3 Å². The molecule has 1 saturated carbocycles. The van der Waals surface area contributed by atoms with Crippen LogP contribution in [0.25, 0.3) is 0 Å². The highest BCUT2D eigenvalue weighted by Gasteiger charge is 2.44. The summed E-state index contributed by atoms with van der Waals surface area (Å²) in [6, 6.07) is 5.77. The average Bonchev–Trinajstić information content (AvgIpc) is 2.96. The minimum absolute atomic E-state index is 0.410. The van der Waals surface area contributed by atoms with Crippen molar-refractivity contribution in [1.29, 1.82) is 0 Å². The molecule has 2 aliphatic rings. The van der Waals surface area contributed by atoms with Gasteiger partial charge in [0, 0.05) is 17.6 Å². The van der Waals surface area contributed by atoms with Gasteiger partial charge in [0.05, 0.1) is 12.3 Å². The quantitative estimate of drug-likeness (QED) is 0.614. The molecule has 0 radical (unpaired) electrons. The number of ether oxygens (including phenoxy) is 1. The fourth-order valence-electron chi connectivity index (χ4n) is 1.87. The van der Waals surface area contributed by atoms with Gasteiger partial charge in [0.2, 0.25) is 0 Å². The second-order valence-electron chi connectivity index (χ2n) is 4.40. The SMILES string of the molecule is Nc1ccc2c(c1)NCC1(CC1)CO2. The topological polar surface area (TPSA) is 47.3 Å². The third-order valence-electron chi connectivity index (χ3n) is 3.15. The molecule has 1 spiro atoms. The third-order valence-corrected chi connectivity index (χ3v) is 3.15. The molecule has 0 atom stereocenters. The zero-order chi connectivity index (χ0) is 9.60. The Kier molecular flexibility index (Phi) is 1.46. The number of fused-ring (bicyclic) bond motifs is 1. The lowest BCUT2D eigenvalue weighted by atomic mass is 10.1. The van der Waals surface area contributed by atoms with E-state index in [1.165, 1.54) is 12.8 Å². The summed E-state index contributed by atoms with van der Waals surface area (Å²) in [6.07, 6.45) is 2.56. The van der Waals surface area contributed by atoms with Crippen LogP contribution in [0.5, 0.6) is 5.75 Å². The van der Waals surface area contributed by atoms with E-state index < -0.39 is 0 Å². The molecule has 0 bridgehead atoms. The fourth-order valence-corrected chi connectivity index (χ4v) is 1.87. The molecule has 14 heavy (non-hydrogen) atoms. The molecule has 3 heteroatoms. The Morgan fingerprint density at radius 1 is 1.36 bits per heavy atom. The average molecular weight is 190 g/mol. The molecule has 1 aromatic carbocycles. The van der Waals surface area contributed by atoms with Gasteiger partial charge >= 0.3 is 0 Å². The number of rotatable bonds is 0. The van der Waals surface area contributed by atoms with Crippen LogP contribution in [0, 0.1) is 5.41 Å².